The molecule has 5 heteroatoms. The molecule has 0 spiro atoms. The number of amides is 1. The van der Waals surface area contributed by atoms with Crippen LogP contribution in [0.15, 0.2) is 47.4 Å². The molecule has 2 aromatic carbocycles. The molecule has 21 heavy (non-hydrogen) atoms. The van der Waals surface area contributed by atoms with E-state index in [1.165, 1.54) is 0 Å². The maximum Gasteiger partial charge on any atom is 0.234 e. The number of benzene rings is 2. The Morgan fingerprint density at radius 3 is 2.90 bits per heavy atom. The molecule has 1 atom stereocenters. The smallest absolute Gasteiger partial charge is 0.234 e. The molecule has 0 radical (unpaired) electrons. The largest absolute Gasteiger partial charge is 0.485 e. The molecule has 0 saturated carbocycles. The van der Waals surface area contributed by atoms with Crippen LogP contribution in [-0.4, -0.2) is 18.3 Å². The molecule has 0 saturated heterocycles. The van der Waals surface area contributed by atoms with Gasteiger partial charge in [0.1, 0.15) is 6.61 Å². The number of nitrogens with one attached hydrogen (secondary N) is 1. The van der Waals surface area contributed by atoms with Crippen molar-refractivity contribution in [2.24, 2.45) is 0 Å². The molecule has 0 fully saturated rings. The molecule has 106 valence electrons. The molecule has 1 amide bonds. The minimum Gasteiger partial charge on any atom is -0.485 e. The average Bonchev–Trinajstić information content (AvgIpc) is 2.53. The summed E-state index contributed by atoms with van der Waals surface area (Å²) in [6, 6.07) is 13.7. The van der Waals surface area contributed by atoms with E-state index in [-0.39, 0.29) is 12.0 Å². The van der Waals surface area contributed by atoms with Gasteiger partial charge in [-0.3, -0.25) is 4.79 Å². The van der Waals surface area contributed by atoms with Crippen molar-refractivity contribution in [3.05, 3.63) is 48.0 Å². The van der Waals surface area contributed by atoms with Gasteiger partial charge in [0.15, 0.2) is 17.6 Å². The SMILES string of the molecule is O=C1CSc2ccc(C3COc4ccccc4O3)cc2N1. The molecule has 0 aromatic heterocycles. The quantitative estimate of drug-likeness (QED) is 0.878. The van der Waals surface area contributed by atoms with Crippen LogP contribution >= 0.6 is 11.8 Å². The van der Waals surface area contributed by atoms with Crippen LogP contribution in [0.5, 0.6) is 11.5 Å². The Bertz CT molecular complexity index is 716. The first kappa shape index (κ1) is 12.6. The minimum absolute atomic E-state index is 0.0378. The van der Waals surface area contributed by atoms with Crippen LogP contribution in [0.1, 0.15) is 11.7 Å². The molecule has 4 nitrogen and oxygen atoms in total. The molecule has 1 unspecified atom stereocenters. The van der Waals surface area contributed by atoms with Crippen molar-refractivity contribution in [1.82, 2.24) is 0 Å². The Balaban J connectivity index is 1.63. The number of fused-ring (bicyclic) bond motifs is 2. The van der Waals surface area contributed by atoms with Crippen molar-refractivity contribution in [3.63, 3.8) is 0 Å². The van der Waals surface area contributed by atoms with E-state index < -0.39 is 0 Å². The third-order valence-corrected chi connectivity index (χ3v) is 4.59. The van der Waals surface area contributed by atoms with Gasteiger partial charge in [0.05, 0.1) is 11.4 Å². The van der Waals surface area contributed by atoms with Crippen molar-refractivity contribution in [1.29, 1.82) is 0 Å². The van der Waals surface area contributed by atoms with Crippen LogP contribution in [0.3, 0.4) is 0 Å². The fourth-order valence-electron chi connectivity index (χ4n) is 2.48. The highest BCUT2D eigenvalue weighted by Gasteiger charge is 2.24. The fraction of sp³-hybridized carbons (Fsp3) is 0.188. The van der Waals surface area contributed by atoms with Crippen molar-refractivity contribution >= 4 is 23.4 Å². The summed E-state index contributed by atoms with van der Waals surface area (Å²) in [5.41, 5.74) is 1.86. The number of hydrogen-bond donors (Lipinski definition) is 1. The van der Waals surface area contributed by atoms with Crippen molar-refractivity contribution in [3.8, 4) is 11.5 Å². The lowest BCUT2D eigenvalue weighted by Gasteiger charge is -2.27. The monoisotopic (exact) mass is 299 g/mol. The third kappa shape index (κ3) is 2.34. The van der Waals surface area contributed by atoms with Gasteiger partial charge in [-0.25, -0.2) is 0 Å². The number of thioether (sulfide) groups is 1. The van der Waals surface area contributed by atoms with Gasteiger partial charge in [-0.1, -0.05) is 18.2 Å². The van der Waals surface area contributed by atoms with Crippen LogP contribution < -0.4 is 14.8 Å². The predicted octanol–water partition coefficient (Wildman–Crippen LogP) is 3.24. The highest BCUT2D eigenvalue weighted by atomic mass is 32.2. The molecule has 2 aromatic rings. The van der Waals surface area contributed by atoms with Gasteiger partial charge < -0.3 is 14.8 Å². The Hall–Kier alpha value is -2.14. The number of ether oxygens (including phenoxy) is 2. The van der Waals surface area contributed by atoms with E-state index in [0.717, 1.165) is 27.6 Å². The van der Waals surface area contributed by atoms with Crippen LogP contribution in [0, 0.1) is 0 Å². The number of carbonyl (C=O) groups is 1. The van der Waals surface area contributed by atoms with E-state index in [1.54, 1.807) is 11.8 Å². The standard InChI is InChI=1S/C16H13NO3S/c18-16-9-21-15-6-5-10(7-11(15)17-16)14-8-19-12-3-1-2-4-13(12)20-14/h1-7,14H,8-9H2,(H,17,18). The average molecular weight is 299 g/mol. The molecule has 2 heterocycles. The first-order chi connectivity index (χ1) is 10.3. The summed E-state index contributed by atoms with van der Waals surface area (Å²) in [7, 11) is 0. The van der Waals surface area contributed by atoms with Crippen LogP contribution in [0.25, 0.3) is 0 Å². The summed E-state index contributed by atoms with van der Waals surface area (Å²) in [6.45, 7) is 0.469. The van der Waals surface area contributed by atoms with E-state index in [0.29, 0.717) is 12.4 Å². The van der Waals surface area contributed by atoms with E-state index in [1.807, 2.05) is 42.5 Å². The summed E-state index contributed by atoms with van der Waals surface area (Å²) < 4.78 is 11.7. The predicted molar refractivity (Wildman–Crippen MR) is 81.1 cm³/mol. The topological polar surface area (TPSA) is 47.6 Å². The van der Waals surface area contributed by atoms with Gasteiger partial charge >= 0.3 is 0 Å². The molecule has 1 N–H and O–H groups in total. The van der Waals surface area contributed by atoms with Crippen LogP contribution in [-0.2, 0) is 4.79 Å². The van der Waals surface area contributed by atoms with Crippen molar-refractivity contribution in [2.45, 2.75) is 11.0 Å². The second-order valence-corrected chi connectivity index (χ2v) is 5.97. The maximum atomic E-state index is 11.5. The summed E-state index contributed by atoms with van der Waals surface area (Å²) >= 11 is 1.56. The first-order valence-corrected chi connectivity index (χ1v) is 7.73. The Kier molecular flexibility index (Phi) is 3.00. The molecule has 2 aliphatic heterocycles. The Morgan fingerprint density at radius 2 is 2.00 bits per heavy atom. The van der Waals surface area contributed by atoms with E-state index >= 15 is 0 Å². The third-order valence-electron chi connectivity index (χ3n) is 3.52. The Labute approximate surface area is 126 Å². The molecular formula is C16H13NO3S. The lowest BCUT2D eigenvalue weighted by atomic mass is 10.1. The summed E-state index contributed by atoms with van der Waals surface area (Å²) in [6.07, 6.45) is -0.158. The number of hydrogen-bond acceptors (Lipinski definition) is 4. The van der Waals surface area contributed by atoms with Gasteiger partial charge in [0, 0.05) is 4.90 Å². The van der Waals surface area contributed by atoms with E-state index in [2.05, 4.69) is 5.32 Å². The molecule has 0 bridgehead atoms. The summed E-state index contributed by atoms with van der Waals surface area (Å²) in [5.74, 6) is 2.04. The lowest BCUT2D eigenvalue weighted by molar-refractivity contribution is -0.113. The van der Waals surface area contributed by atoms with Crippen molar-refractivity contribution < 1.29 is 14.3 Å². The summed E-state index contributed by atoms with van der Waals surface area (Å²) in [5, 5.41) is 2.90. The second kappa shape index (κ2) is 5.00. The van der Waals surface area contributed by atoms with Crippen LogP contribution in [0.2, 0.25) is 0 Å². The summed E-state index contributed by atoms with van der Waals surface area (Å²) in [4.78, 5) is 12.6. The molecule has 4 rings (SSSR count). The zero-order valence-electron chi connectivity index (χ0n) is 11.2. The fourth-order valence-corrected chi connectivity index (χ4v) is 3.27. The van der Waals surface area contributed by atoms with Gasteiger partial charge in [0.25, 0.3) is 0 Å². The Morgan fingerprint density at radius 1 is 1.14 bits per heavy atom. The zero-order valence-corrected chi connectivity index (χ0v) is 12.0. The van der Waals surface area contributed by atoms with Crippen molar-refractivity contribution in [2.75, 3.05) is 17.7 Å². The molecular weight excluding hydrogens is 286 g/mol. The van der Waals surface area contributed by atoms with Gasteiger partial charge in [-0.05, 0) is 29.8 Å². The minimum atomic E-state index is -0.158. The molecule has 2 aliphatic rings. The second-order valence-electron chi connectivity index (χ2n) is 4.96. The van der Waals surface area contributed by atoms with E-state index in [9.17, 15) is 4.79 Å². The van der Waals surface area contributed by atoms with Gasteiger partial charge in [-0.2, -0.15) is 0 Å². The molecule has 0 aliphatic carbocycles. The maximum absolute atomic E-state index is 11.5. The first-order valence-electron chi connectivity index (χ1n) is 6.75. The number of anilines is 1. The lowest BCUT2D eigenvalue weighted by Crippen LogP contribution is -2.23. The zero-order chi connectivity index (χ0) is 14.2. The number of carbonyl (C=O) groups excluding carboxylic acids is 1. The highest BCUT2D eigenvalue weighted by molar-refractivity contribution is 8.00. The van der Waals surface area contributed by atoms with Gasteiger partial charge in [0.2, 0.25) is 5.91 Å². The number of rotatable bonds is 1. The van der Waals surface area contributed by atoms with Gasteiger partial charge in [-0.15, -0.1) is 11.8 Å². The normalized spacial score (nSPS) is 19.6. The highest BCUT2D eigenvalue weighted by Crippen LogP contribution is 2.38. The van der Waals surface area contributed by atoms with Crippen LogP contribution in [0.4, 0.5) is 5.69 Å². The van der Waals surface area contributed by atoms with E-state index in [4.69, 9.17) is 9.47 Å². The number of para-hydroxylation sites is 2.